The van der Waals surface area contributed by atoms with Crippen molar-refractivity contribution in [3.05, 3.63) is 58.6 Å². The van der Waals surface area contributed by atoms with Crippen LogP contribution < -0.4 is 20.5 Å². The van der Waals surface area contributed by atoms with Gasteiger partial charge < -0.3 is 20.5 Å². The number of hydrogen-bond donors (Lipinski definition) is 2. The standard InChI is InChI=1S/C21H23ClN2O4/c1-27-18-11-15(7-10-17(18)28-12-19(23)25)21(26)24-20(13-3-2-4-13)14-5-8-16(22)9-6-14/h5-11,13,20H,2-4,12H2,1H3,(H2,23,25)(H,24,26). The number of nitrogens with two attached hydrogens (primary N) is 1. The molecule has 2 amide bonds. The van der Waals surface area contributed by atoms with Crippen molar-refractivity contribution in [1.82, 2.24) is 5.32 Å². The molecule has 0 aromatic heterocycles. The third-order valence-electron chi connectivity index (χ3n) is 4.93. The van der Waals surface area contributed by atoms with Gasteiger partial charge in [0.05, 0.1) is 13.2 Å². The molecule has 1 saturated carbocycles. The number of amides is 2. The topological polar surface area (TPSA) is 90.7 Å². The Balaban J connectivity index is 1.77. The molecule has 28 heavy (non-hydrogen) atoms. The van der Waals surface area contributed by atoms with Crippen LogP contribution in [0, 0.1) is 5.92 Å². The molecule has 7 heteroatoms. The minimum atomic E-state index is -0.588. The summed E-state index contributed by atoms with van der Waals surface area (Å²) >= 11 is 6.00. The van der Waals surface area contributed by atoms with Crippen molar-refractivity contribution in [3.63, 3.8) is 0 Å². The number of methoxy groups -OCH3 is 1. The Morgan fingerprint density at radius 3 is 2.46 bits per heavy atom. The summed E-state index contributed by atoms with van der Waals surface area (Å²) in [6, 6.07) is 12.3. The first kappa shape index (κ1) is 20.0. The Hall–Kier alpha value is -2.73. The smallest absolute Gasteiger partial charge is 0.255 e. The number of hydrogen-bond acceptors (Lipinski definition) is 4. The van der Waals surface area contributed by atoms with Gasteiger partial charge in [-0.15, -0.1) is 0 Å². The molecule has 1 atom stereocenters. The molecular weight excluding hydrogens is 380 g/mol. The molecule has 148 valence electrons. The highest BCUT2D eigenvalue weighted by Crippen LogP contribution is 2.38. The lowest BCUT2D eigenvalue weighted by atomic mass is 9.77. The summed E-state index contributed by atoms with van der Waals surface area (Å²) in [6.07, 6.45) is 3.33. The maximum absolute atomic E-state index is 12.9. The molecule has 1 aliphatic rings. The van der Waals surface area contributed by atoms with Crippen molar-refractivity contribution in [3.8, 4) is 11.5 Å². The van der Waals surface area contributed by atoms with E-state index in [-0.39, 0.29) is 18.6 Å². The second-order valence-corrected chi connectivity index (χ2v) is 7.25. The van der Waals surface area contributed by atoms with Crippen molar-refractivity contribution in [2.75, 3.05) is 13.7 Å². The number of carbonyl (C=O) groups excluding carboxylic acids is 2. The van der Waals surface area contributed by atoms with Crippen LogP contribution in [0.25, 0.3) is 0 Å². The van der Waals surface area contributed by atoms with Crippen LogP contribution in [-0.4, -0.2) is 25.5 Å². The maximum Gasteiger partial charge on any atom is 0.255 e. The molecule has 2 aromatic rings. The molecule has 2 aromatic carbocycles. The van der Waals surface area contributed by atoms with Gasteiger partial charge in [0, 0.05) is 10.6 Å². The predicted molar refractivity (Wildman–Crippen MR) is 107 cm³/mol. The molecule has 3 N–H and O–H groups in total. The van der Waals surface area contributed by atoms with Crippen LogP contribution >= 0.6 is 11.6 Å². The molecule has 1 unspecified atom stereocenters. The van der Waals surface area contributed by atoms with E-state index in [0.717, 1.165) is 18.4 Å². The van der Waals surface area contributed by atoms with Crippen LogP contribution in [0.5, 0.6) is 11.5 Å². The van der Waals surface area contributed by atoms with Crippen LogP contribution in [0.1, 0.15) is 41.2 Å². The summed E-state index contributed by atoms with van der Waals surface area (Å²) in [5.41, 5.74) is 6.58. The van der Waals surface area contributed by atoms with Crippen molar-refractivity contribution in [2.24, 2.45) is 11.7 Å². The van der Waals surface area contributed by atoms with Gasteiger partial charge in [0.25, 0.3) is 11.8 Å². The molecule has 0 bridgehead atoms. The Kier molecular flexibility index (Phi) is 6.41. The monoisotopic (exact) mass is 402 g/mol. The summed E-state index contributed by atoms with van der Waals surface area (Å²) in [4.78, 5) is 23.8. The fourth-order valence-electron chi connectivity index (χ4n) is 3.22. The van der Waals surface area contributed by atoms with Gasteiger partial charge in [0.2, 0.25) is 0 Å². The van der Waals surface area contributed by atoms with Crippen LogP contribution in [0.2, 0.25) is 5.02 Å². The highest BCUT2D eigenvalue weighted by Gasteiger charge is 2.30. The molecule has 1 aliphatic carbocycles. The van der Waals surface area contributed by atoms with Gasteiger partial charge in [-0.1, -0.05) is 30.2 Å². The zero-order chi connectivity index (χ0) is 20.1. The van der Waals surface area contributed by atoms with E-state index in [1.807, 2.05) is 24.3 Å². The Morgan fingerprint density at radius 2 is 1.89 bits per heavy atom. The lowest BCUT2D eigenvalue weighted by Gasteiger charge is -2.34. The zero-order valence-electron chi connectivity index (χ0n) is 15.6. The van der Waals surface area contributed by atoms with Crippen molar-refractivity contribution in [2.45, 2.75) is 25.3 Å². The van der Waals surface area contributed by atoms with Crippen molar-refractivity contribution < 1.29 is 19.1 Å². The van der Waals surface area contributed by atoms with Gasteiger partial charge in [0.1, 0.15) is 0 Å². The van der Waals surface area contributed by atoms with E-state index in [4.69, 9.17) is 26.8 Å². The van der Waals surface area contributed by atoms with Gasteiger partial charge >= 0.3 is 0 Å². The summed E-state index contributed by atoms with van der Waals surface area (Å²) in [5, 5.41) is 3.80. The number of primary amides is 1. The Morgan fingerprint density at radius 1 is 1.18 bits per heavy atom. The second kappa shape index (κ2) is 8.97. The fraction of sp³-hybridized carbons (Fsp3) is 0.333. The molecular formula is C21H23ClN2O4. The van der Waals surface area contributed by atoms with E-state index in [9.17, 15) is 9.59 Å². The molecule has 1 fully saturated rings. The van der Waals surface area contributed by atoms with Crippen LogP contribution in [0.15, 0.2) is 42.5 Å². The lowest BCUT2D eigenvalue weighted by Crippen LogP contribution is -2.36. The van der Waals surface area contributed by atoms with E-state index in [1.54, 1.807) is 18.2 Å². The Labute approximate surface area is 169 Å². The average Bonchev–Trinajstić information content (AvgIpc) is 2.64. The summed E-state index contributed by atoms with van der Waals surface area (Å²) in [7, 11) is 1.47. The second-order valence-electron chi connectivity index (χ2n) is 6.81. The minimum Gasteiger partial charge on any atom is -0.493 e. The normalized spacial score (nSPS) is 14.6. The van der Waals surface area contributed by atoms with E-state index in [2.05, 4.69) is 5.32 Å². The largest absolute Gasteiger partial charge is 0.493 e. The minimum absolute atomic E-state index is 0.0738. The maximum atomic E-state index is 12.9. The number of ether oxygens (including phenoxy) is 2. The number of rotatable bonds is 8. The third kappa shape index (κ3) is 4.75. The first-order valence-electron chi connectivity index (χ1n) is 9.13. The molecule has 0 saturated heterocycles. The highest BCUT2D eigenvalue weighted by atomic mass is 35.5. The summed E-state index contributed by atoms with van der Waals surface area (Å²) in [5.74, 6) is 0.332. The van der Waals surface area contributed by atoms with E-state index >= 15 is 0 Å². The van der Waals surface area contributed by atoms with Crippen molar-refractivity contribution in [1.29, 1.82) is 0 Å². The van der Waals surface area contributed by atoms with Gasteiger partial charge in [-0.25, -0.2) is 0 Å². The third-order valence-corrected chi connectivity index (χ3v) is 5.18. The first-order chi connectivity index (χ1) is 13.5. The molecule has 0 aliphatic heterocycles. The number of benzene rings is 2. The molecule has 6 nitrogen and oxygen atoms in total. The molecule has 0 radical (unpaired) electrons. The van der Waals surface area contributed by atoms with Gasteiger partial charge in [-0.2, -0.15) is 0 Å². The summed E-state index contributed by atoms with van der Waals surface area (Å²) < 4.78 is 10.6. The van der Waals surface area contributed by atoms with Crippen LogP contribution in [0.3, 0.4) is 0 Å². The molecule has 0 spiro atoms. The molecule has 3 rings (SSSR count). The van der Waals surface area contributed by atoms with Gasteiger partial charge in [0.15, 0.2) is 18.1 Å². The zero-order valence-corrected chi connectivity index (χ0v) is 16.4. The number of carbonyl (C=O) groups is 2. The predicted octanol–water partition coefficient (Wildman–Crippen LogP) is 3.48. The fourth-order valence-corrected chi connectivity index (χ4v) is 3.34. The molecule has 0 heterocycles. The average molecular weight is 403 g/mol. The first-order valence-corrected chi connectivity index (χ1v) is 9.51. The highest BCUT2D eigenvalue weighted by molar-refractivity contribution is 6.30. The lowest BCUT2D eigenvalue weighted by molar-refractivity contribution is -0.119. The van der Waals surface area contributed by atoms with Gasteiger partial charge in [-0.05, 0) is 54.7 Å². The van der Waals surface area contributed by atoms with Crippen LogP contribution in [0.4, 0.5) is 0 Å². The van der Waals surface area contributed by atoms with E-state index in [1.165, 1.54) is 13.5 Å². The van der Waals surface area contributed by atoms with Crippen molar-refractivity contribution >= 4 is 23.4 Å². The van der Waals surface area contributed by atoms with Crippen LogP contribution in [-0.2, 0) is 4.79 Å². The number of halogens is 1. The summed E-state index contributed by atoms with van der Waals surface area (Å²) in [6.45, 7) is -0.262. The number of nitrogens with one attached hydrogen (secondary N) is 1. The Bertz CT molecular complexity index is 850. The quantitative estimate of drug-likeness (QED) is 0.707. The SMILES string of the molecule is COc1cc(C(=O)NC(c2ccc(Cl)cc2)C2CCC2)ccc1OCC(N)=O. The van der Waals surface area contributed by atoms with E-state index < -0.39 is 5.91 Å². The van der Waals surface area contributed by atoms with Gasteiger partial charge in [-0.3, -0.25) is 9.59 Å². The van der Waals surface area contributed by atoms with E-state index in [0.29, 0.717) is 28.0 Å².